The first-order valence-corrected chi connectivity index (χ1v) is 8.43. The summed E-state index contributed by atoms with van der Waals surface area (Å²) in [4.78, 5) is 15.1. The van der Waals surface area contributed by atoms with Crippen LogP contribution in [0.2, 0.25) is 0 Å². The maximum absolute atomic E-state index is 12.5. The average Bonchev–Trinajstić information content (AvgIpc) is 2.89. The molecule has 0 aromatic carbocycles. The van der Waals surface area contributed by atoms with E-state index < -0.39 is 0 Å². The molecular weight excluding hydrogens is 250 g/mol. The largest absolute Gasteiger partial charge is 0.353 e. The molecule has 0 aromatic heterocycles. The Hall–Kier alpha value is -0.610. The van der Waals surface area contributed by atoms with Crippen LogP contribution in [0, 0.1) is 11.8 Å². The molecule has 0 bridgehead atoms. The number of nitrogens with two attached hydrogens (primary N) is 1. The predicted molar refractivity (Wildman–Crippen MR) is 80.2 cm³/mol. The van der Waals surface area contributed by atoms with Crippen LogP contribution in [0.4, 0.5) is 0 Å². The molecule has 20 heavy (non-hydrogen) atoms. The Morgan fingerprint density at radius 1 is 1.15 bits per heavy atom. The molecule has 0 spiro atoms. The van der Waals surface area contributed by atoms with Crippen LogP contribution in [0.15, 0.2) is 0 Å². The molecule has 2 heterocycles. The molecule has 114 valence electrons. The van der Waals surface area contributed by atoms with Gasteiger partial charge in [0.2, 0.25) is 5.91 Å². The molecular formula is C16H29N3O. The van der Waals surface area contributed by atoms with E-state index in [1.165, 1.54) is 19.4 Å². The Bertz CT molecular complexity index is 360. The van der Waals surface area contributed by atoms with Gasteiger partial charge in [0.05, 0.1) is 0 Å². The van der Waals surface area contributed by atoms with Crippen molar-refractivity contribution in [3.8, 4) is 0 Å². The number of carbonyl (C=O) groups excluding carboxylic acids is 1. The normalized spacial score (nSPS) is 42.2. The minimum absolute atomic E-state index is 0.139. The monoisotopic (exact) mass is 279 g/mol. The van der Waals surface area contributed by atoms with Crippen molar-refractivity contribution >= 4 is 5.91 Å². The highest BCUT2D eigenvalue weighted by molar-refractivity contribution is 5.79. The van der Waals surface area contributed by atoms with E-state index in [1.54, 1.807) is 0 Å². The summed E-state index contributed by atoms with van der Waals surface area (Å²) in [7, 11) is 0. The molecule has 1 saturated carbocycles. The lowest BCUT2D eigenvalue weighted by molar-refractivity contribution is -0.128. The number of fused-ring (bicyclic) bond motifs is 1. The van der Waals surface area contributed by atoms with Crippen molar-refractivity contribution in [3.05, 3.63) is 0 Å². The molecule has 3 rings (SSSR count). The number of hydrogen-bond donors (Lipinski definition) is 2. The molecule has 2 saturated heterocycles. The highest BCUT2D eigenvalue weighted by Gasteiger charge is 2.35. The Morgan fingerprint density at radius 3 is 2.85 bits per heavy atom. The first-order chi connectivity index (χ1) is 9.63. The fraction of sp³-hybridized carbons (Fsp3) is 0.938. The van der Waals surface area contributed by atoms with E-state index in [9.17, 15) is 4.79 Å². The van der Waals surface area contributed by atoms with Gasteiger partial charge in [-0.05, 0) is 57.4 Å². The standard InChI is InChI=1S/C16H29N3O/c1-11-4-5-12(17)9-15(11)16(20)18-13-6-8-19-7-2-3-14(19)10-13/h11-15H,2-10,17H2,1H3,(H,18,20). The summed E-state index contributed by atoms with van der Waals surface area (Å²) in [5.74, 6) is 0.894. The smallest absolute Gasteiger partial charge is 0.223 e. The third-order valence-electron chi connectivity index (χ3n) is 5.74. The van der Waals surface area contributed by atoms with Crippen LogP contribution in [0.25, 0.3) is 0 Å². The number of rotatable bonds is 2. The average molecular weight is 279 g/mol. The molecule has 2 aliphatic heterocycles. The number of carbonyl (C=O) groups is 1. The summed E-state index contributed by atoms with van der Waals surface area (Å²) in [5, 5.41) is 3.33. The maximum atomic E-state index is 12.5. The second-order valence-corrected chi connectivity index (χ2v) is 7.22. The van der Waals surface area contributed by atoms with E-state index >= 15 is 0 Å². The molecule has 0 radical (unpaired) electrons. The van der Waals surface area contributed by atoms with E-state index in [0.717, 1.165) is 44.7 Å². The number of hydrogen-bond acceptors (Lipinski definition) is 3. The summed E-state index contributed by atoms with van der Waals surface area (Å²) in [6.45, 7) is 4.63. The van der Waals surface area contributed by atoms with Gasteiger partial charge in [-0.2, -0.15) is 0 Å². The quantitative estimate of drug-likeness (QED) is 0.805. The predicted octanol–water partition coefficient (Wildman–Crippen LogP) is 1.49. The highest BCUT2D eigenvalue weighted by atomic mass is 16.2. The molecule has 1 aliphatic carbocycles. The fourth-order valence-corrected chi connectivity index (χ4v) is 4.38. The van der Waals surface area contributed by atoms with Gasteiger partial charge < -0.3 is 16.0 Å². The molecule has 1 amide bonds. The topological polar surface area (TPSA) is 58.4 Å². The van der Waals surface area contributed by atoms with Gasteiger partial charge in [-0.3, -0.25) is 4.79 Å². The van der Waals surface area contributed by atoms with Gasteiger partial charge in [-0.25, -0.2) is 0 Å². The molecule has 3 N–H and O–H groups in total. The van der Waals surface area contributed by atoms with Crippen molar-refractivity contribution in [1.29, 1.82) is 0 Å². The van der Waals surface area contributed by atoms with Crippen LogP contribution >= 0.6 is 0 Å². The summed E-state index contributed by atoms with van der Waals surface area (Å²) >= 11 is 0. The zero-order valence-corrected chi connectivity index (χ0v) is 12.7. The summed E-state index contributed by atoms with van der Waals surface area (Å²) in [6, 6.07) is 1.34. The van der Waals surface area contributed by atoms with Crippen molar-refractivity contribution in [2.24, 2.45) is 17.6 Å². The van der Waals surface area contributed by atoms with Crippen LogP contribution in [-0.2, 0) is 4.79 Å². The van der Waals surface area contributed by atoms with Crippen LogP contribution in [0.3, 0.4) is 0 Å². The molecule has 5 unspecified atom stereocenters. The zero-order valence-electron chi connectivity index (χ0n) is 12.7. The summed E-state index contributed by atoms with van der Waals surface area (Å²) in [5.41, 5.74) is 6.04. The number of piperidine rings is 1. The number of nitrogens with one attached hydrogen (secondary N) is 1. The lowest BCUT2D eigenvalue weighted by Gasteiger charge is -2.37. The van der Waals surface area contributed by atoms with Gasteiger partial charge in [-0.1, -0.05) is 6.92 Å². The second-order valence-electron chi connectivity index (χ2n) is 7.22. The van der Waals surface area contributed by atoms with Crippen LogP contribution in [-0.4, -0.2) is 42.0 Å². The van der Waals surface area contributed by atoms with E-state index in [1.807, 2.05) is 0 Å². The maximum Gasteiger partial charge on any atom is 0.223 e. The minimum atomic E-state index is 0.139. The van der Waals surface area contributed by atoms with E-state index in [-0.39, 0.29) is 17.9 Å². The van der Waals surface area contributed by atoms with Crippen molar-refractivity contribution in [3.63, 3.8) is 0 Å². The Labute approximate surface area is 122 Å². The van der Waals surface area contributed by atoms with Crippen LogP contribution < -0.4 is 11.1 Å². The van der Waals surface area contributed by atoms with Crippen molar-refractivity contribution in [2.45, 2.75) is 70.0 Å². The first kappa shape index (κ1) is 14.3. The Balaban J connectivity index is 1.53. The van der Waals surface area contributed by atoms with E-state index in [4.69, 9.17) is 5.73 Å². The molecule has 4 nitrogen and oxygen atoms in total. The fourth-order valence-electron chi connectivity index (χ4n) is 4.38. The zero-order chi connectivity index (χ0) is 14.1. The number of nitrogens with zero attached hydrogens (tertiary/aromatic N) is 1. The van der Waals surface area contributed by atoms with E-state index in [2.05, 4.69) is 17.1 Å². The second kappa shape index (κ2) is 6.02. The van der Waals surface area contributed by atoms with Gasteiger partial charge in [0.25, 0.3) is 0 Å². The SMILES string of the molecule is CC1CCC(N)CC1C(=O)NC1CCN2CCCC2C1. The van der Waals surface area contributed by atoms with Crippen molar-refractivity contribution in [1.82, 2.24) is 10.2 Å². The van der Waals surface area contributed by atoms with Gasteiger partial charge in [0, 0.05) is 30.6 Å². The molecule has 3 fully saturated rings. The van der Waals surface area contributed by atoms with E-state index in [0.29, 0.717) is 12.0 Å². The van der Waals surface area contributed by atoms with Crippen LogP contribution in [0.5, 0.6) is 0 Å². The van der Waals surface area contributed by atoms with Crippen LogP contribution in [0.1, 0.15) is 51.9 Å². The first-order valence-electron chi connectivity index (χ1n) is 8.43. The third-order valence-corrected chi connectivity index (χ3v) is 5.74. The Kier molecular flexibility index (Phi) is 4.32. The molecule has 3 aliphatic rings. The number of amides is 1. The molecule has 4 heteroatoms. The lowest BCUT2D eigenvalue weighted by atomic mass is 9.77. The highest BCUT2D eigenvalue weighted by Crippen LogP contribution is 2.31. The van der Waals surface area contributed by atoms with Crippen molar-refractivity contribution in [2.75, 3.05) is 13.1 Å². The lowest BCUT2D eigenvalue weighted by Crippen LogP contribution is -2.50. The third kappa shape index (κ3) is 3.01. The van der Waals surface area contributed by atoms with Gasteiger partial charge >= 0.3 is 0 Å². The van der Waals surface area contributed by atoms with Gasteiger partial charge in [0.1, 0.15) is 0 Å². The molecule has 0 aromatic rings. The van der Waals surface area contributed by atoms with Crippen molar-refractivity contribution < 1.29 is 4.79 Å². The Morgan fingerprint density at radius 2 is 2.00 bits per heavy atom. The molecule has 5 atom stereocenters. The van der Waals surface area contributed by atoms with Gasteiger partial charge in [0.15, 0.2) is 0 Å². The minimum Gasteiger partial charge on any atom is -0.353 e. The summed E-state index contributed by atoms with van der Waals surface area (Å²) < 4.78 is 0. The summed E-state index contributed by atoms with van der Waals surface area (Å²) in [6.07, 6.45) is 7.96. The van der Waals surface area contributed by atoms with Gasteiger partial charge in [-0.15, -0.1) is 0 Å².